The van der Waals surface area contributed by atoms with Crippen LogP contribution in [0.4, 0.5) is 0 Å². The molecule has 0 saturated heterocycles. The summed E-state index contributed by atoms with van der Waals surface area (Å²) in [5, 5.41) is 2.75. The summed E-state index contributed by atoms with van der Waals surface area (Å²) >= 11 is 0. The fourth-order valence-electron chi connectivity index (χ4n) is 0.664. The molecule has 1 aliphatic carbocycles. The molecule has 1 saturated carbocycles. The summed E-state index contributed by atoms with van der Waals surface area (Å²) in [5.41, 5.74) is 10.1. The molecule has 5 nitrogen and oxygen atoms in total. The first-order valence-electron chi connectivity index (χ1n) is 3.53. The zero-order chi connectivity index (χ0) is 8.27. The minimum Gasteiger partial charge on any atom is -0.370 e. The Morgan fingerprint density at radius 1 is 1.55 bits per heavy atom. The first-order valence-corrected chi connectivity index (χ1v) is 3.53. The van der Waals surface area contributed by atoms with Gasteiger partial charge < -0.3 is 16.8 Å². The zero-order valence-corrected chi connectivity index (χ0v) is 6.21. The molecule has 0 heterocycles. The van der Waals surface area contributed by atoms with E-state index in [1.807, 2.05) is 0 Å². The average molecular weight is 156 g/mol. The molecule has 1 aliphatic rings. The van der Waals surface area contributed by atoms with E-state index in [2.05, 4.69) is 10.3 Å². The second kappa shape index (κ2) is 3.23. The van der Waals surface area contributed by atoms with E-state index < -0.39 is 0 Å². The molecular weight excluding hydrogens is 144 g/mol. The Hall–Kier alpha value is -1.26. The summed E-state index contributed by atoms with van der Waals surface area (Å²) in [5.74, 6) is -0.156. The lowest BCUT2D eigenvalue weighted by atomic mass is 10.5. The molecule has 1 rings (SSSR count). The lowest BCUT2D eigenvalue weighted by Gasteiger charge is -1.98. The lowest BCUT2D eigenvalue weighted by Crippen LogP contribution is -2.30. The fraction of sp³-hybridized carbons (Fsp3) is 0.667. The van der Waals surface area contributed by atoms with Crippen molar-refractivity contribution >= 4 is 11.9 Å². The van der Waals surface area contributed by atoms with Gasteiger partial charge >= 0.3 is 0 Å². The number of nitrogens with one attached hydrogen (secondary N) is 1. The van der Waals surface area contributed by atoms with Crippen molar-refractivity contribution in [2.45, 2.75) is 18.9 Å². The average Bonchev–Trinajstić information content (AvgIpc) is 2.67. The van der Waals surface area contributed by atoms with Gasteiger partial charge in [-0.15, -0.1) is 0 Å². The van der Waals surface area contributed by atoms with Crippen LogP contribution in [-0.4, -0.2) is 24.5 Å². The van der Waals surface area contributed by atoms with Crippen molar-refractivity contribution in [3.63, 3.8) is 0 Å². The van der Waals surface area contributed by atoms with Crippen LogP contribution >= 0.6 is 0 Å². The van der Waals surface area contributed by atoms with Gasteiger partial charge in [0.2, 0.25) is 5.91 Å². The van der Waals surface area contributed by atoms with Gasteiger partial charge in [0, 0.05) is 6.04 Å². The second-order valence-corrected chi connectivity index (χ2v) is 2.58. The Kier molecular flexibility index (Phi) is 2.30. The first kappa shape index (κ1) is 7.84. The van der Waals surface area contributed by atoms with Crippen LogP contribution in [0, 0.1) is 0 Å². The summed E-state index contributed by atoms with van der Waals surface area (Å²) in [6, 6.07) is 0.372. The van der Waals surface area contributed by atoms with E-state index in [0.717, 1.165) is 12.8 Å². The van der Waals surface area contributed by atoms with E-state index in [1.54, 1.807) is 0 Å². The molecule has 0 unspecified atom stereocenters. The van der Waals surface area contributed by atoms with E-state index in [0.29, 0.717) is 6.04 Å². The van der Waals surface area contributed by atoms with Crippen LogP contribution in [0.25, 0.3) is 0 Å². The van der Waals surface area contributed by atoms with Gasteiger partial charge in [-0.25, -0.2) is 4.99 Å². The number of carbonyl (C=O) groups excluding carboxylic acids is 1. The SMILES string of the molecule is NC(N)=NCC(=O)NC1CC1. The van der Waals surface area contributed by atoms with Gasteiger partial charge in [-0.2, -0.15) is 0 Å². The number of carbonyl (C=O) groups is 1. The first-order chi connectivity index (χ1) is 5.18. The van der Waals surface area contributed by atoms with E-state index in [9.17, 15) is 4.79 Å². The summed E-state index contributed by atoms with van der Waals surface area (Å²) in [6.45, 7) is 0.0405. The molecule has 0 aliphatic heterocycles. The zero-order valence-electron chi connectivity index (χ0n) is 6.21. The highest BCUT2D eigenvalue weighted by Gasteiger charge is 2.22. The van der Waals surface area contributed by atoms with Gasteiger partial charge in [-0.05, 0) is 12.8 Å². The molecule has 1 fully saturated rings. The molecule has 0 aromatic carbocycles. The number of nitrogens with two attached hydrogens (primary N) is 2. The molecule has 0 radical (unpaired) electrons. The van der Waals surface area contributed by atoms with Crippen LogP contribution < -0.4 is 16.8 Å². The van der Waals surface area contributed by atoms with Crippen LogP contribution in [0.15, 0.2) is 4.99 Å². The van der Waals surface area contributed by atoms with Crippen molar-refractivity contribution < 1.29 is 4.79 Å². The molecule has 0 atom stereocenters. The third-order valence-electron chi connectivity index (χ3n) is 1.35. The number of hydrogen-bond acceptors (Lipinski definition) is 2. The standard InChI is InChI=1S/C6H12N4O/c7-6(8)9-3-5(11)10-4-1-2-4/h4H,1-3H2,(H,10,11)(H4,7,8,9). The Labute approximate surface area is 64.8 Å². The summed E-state index contributed by atoms with van der Waals surface area (Å²) < 4.78 is 0. The summed E-state index contributed by atoms with van der Waals surface area (Å²) in [4.78, 5) is 14.4. The fourth-order valence-corrected chi connectivity index (χ4v) is 0.664. The molecule has 0 spiro atoms. The predicted molar refractivity (Wildman–Crippen MR) is 41.8 cm³/mol. The van der Waals surface area contributed by atoms with Crippen LogP contribution in [0.2, 0.25) is 0 Å². The minimum absolute atomic E-state index is 0.0405. The van der Waals surface area contributed by atoms with Crippen molar-refractivity contribution in [2.75, 3.05) is 6.54 Å². The van der Waals surface area contributed by atoms with Gasteiger partial charge in [-0.1, -0.05) is 0 Å². The van der Waals surface area contributed by atoms with E-state index >= 15 is 0 Å². The molecule has 1 amide bonds. The molecular formula is C6H12N4O. The molecule has 5 heteroatoms. The van der Waals surface area contributed by atoms with Crippen LogP contribution in [0.1, 0.15) is 12.8 Å². The smallest absolute Gasteiger partial charge is 0.242 e. The Balaban J connectivity index is 2.14. The van der Waals surface area contributed by atoms with Crippen molar-refractivity contribution in [2.24, 2.45) is 16.5 Å². The van der Waals surface area contributed by atoms with Gasteiger partial charge in [0.25, 0.3) is 0 Å². The predicted octanol–water partition coefficient (Wildman–Crippen LogP) is -1.46. The van der Waals surface area contributed by atoms with Gasteiger partial charge in [0.15, 0.2) is 5.96 Å². The molecule has 11 heavy (non-hydrogen) atoms. The van der Waals surface area contributed by atoms with E-state index in [4.69, 9.17) is 11.5 Å². The minimum atomic E-state index is -0.110. The summed E-state index contributed by atoms with van der Waals surface area (Å²) in [7, 11) is 0. The highest BCUT2D eigenvalue weighted by atomic mass is 16.1. The van der Waals surface area contributed by atoms with Gasteiger partial charge in [0.05, 0.1) is 0 Å². The van der Waals surface area contributed by atoms with Crippen molar-refractivity contribution in [3.8, 4) is 0 Å². The topological polar surface area (TPSA) is 93.5 Å². The quantitative estimate of drug-likeness (QED) is 0.344. The number of guanidine groups is 1. The van der Waals surface area contributed by atoms with Crippen LogP contribution in [0.5, 0.6) is 0 Å². The van der Waals surface area contributed by atoms with E-state index in [-0.39, 0.29) is 18.4 Å². The van der Waals surface area contributed by atoms with Crippen molar-refractivity contribution in [1.29, 1.82) is 0 Å². The largest absolute Gasteiger partial charge is 0.370 e. The third kappa shape index (κ3) is 3.44. The molecule has 0 aromatic heterocycles. The monoisotopic (exact) mass is 156 g/mol. The number of amides is 1. The third-order valence-corrected chi connectivity index (χ3v) is 1.35. The maximum Gasteiger partial charge on any atom is 0.242 e. The maximum atomic E-state index is 10.9. The Morgan fingerprint density at radius 2 is 2.18 bits per heavy atom. The van der Waals surface area contributed by atoms with Gasteiger partial charge in [-0.3, -0.25) is 4.79 Å². The molecule has 62 valence electrons. The van der Waals surface area contributed by atoms with Crippen LogP contribution in [0.3, 0.4) is 0 Å². The highest BCUT2D eigenvalue weighted by Crippen LogP contribution is 2.18. The summed E-state index contributed by atoms with van der Waals surface area (Å²) in [6.07, 6.45) is 2.15. The normalized spacial score (nSPS) is 15.6. The van der Waals surface area contributed by atoms with Crippen molar-refractivity contribution in [1.82, 2.24) is 5.32 Å². The Morgan fingerprint density at radius 3 is 2.64 bits per heavy atom. The van der Waals surface area contributed by atoms with Crippen LogP contribution in [-0.2, 0) is 4.79 Å². The molecule has 0 aromatic rings. The second-order valence-electron chi connectivity index (χ2n) is 2.58. The maximum absolute atomic E-state index is 10.9. The number of hydrogen-bond donors (Lipinski definition) is 3. The lowest BCUT2D eigenvalue weighted by molar-refractivity contribution is -0.119. The van der Waals surface area contributed by atoms with E-state index in [1.165, 1.54) is 0 Å². The van der Waals surface area contributed by atoms with Crippen molar-refractivity contribution in [3.05, 3.63) is 0 Å². The highest BCUT2D eigenvalue weighted by molar-refractivity contribution is 5.83. The number of aliphatic imine (C=N–C) groups is 1. The number of nitrogens with zero attached hydrogens (tertiary/aromatic N) is 1. The number of rotatable bonds is 3. The Bertz CT molecular complexity index is 181. The molecule has 0 bridgehead atoms. The van der Waals surface area contributed by atoms with Gasteiger partial charge in [0.1, 0.15) is 6.54 Å². The molecule has 5 N–H and O–H groups in total.